The van der Waals surface area contributed by atoms with Crippen LogP contribution in [0.15, 0.2) is 127 Å². The molecule has 1 spiro atoms. The molecule has 1 aliphatic carbocycles. The van der Waals surface area contributed by atoms with Crippen molar-refractivity contribution in [3.8, 4) is 17.6 Å². The summed E-state index contributed by atoms with van der Waals surface area (Å²) < 4.78 is 23.9. The minimum Gasteiger partial charge on any atom is -0.491 e. The molecule has 5 aromatic carbocycles. The van der Waals surface area contributed by atoms with Gasteiger partial charge in [-0.15, -0.1) is 0 Å². The number of hydrogen-bond donors (Lipinski definition) is 4. The summed E-state index contributed by atoms with van der Waals surface area (Å²) in [5.74, 6) is 3.16. The van der Waals surface area contributed by atoms with E-state index in [1.54, 1.807) is 42.5 Å². The van der Waals surface area contributed by atoms with Gasteiger partial charge in [-0.1, -0.05) is 116 Å². The molecule has 3 aliphatic heterocycles. The van der Waals surface area contributed by atoms with Crippen molar-refractivity contribution in [3.63, 3.8) is 0 Å². The number of fused-ring (bicyclic) bond motifs is 4. The summed E-state index contributed by atoms with van der Waals surface area (Å²) in [5.41, 5.74) is 0.560. The highest BCUT2D eigenvalue weighted by Gasteiger charge is 2.76. The number of amides is 3. The molecule has 4 aliphatic rings. The van der Waals surface area contributed by atoms with Gasteiger partial charge in [0.05, 0.1) is 54.5 Å². The van der Waals surface area contributed by atoms with E-state index in [-0.39, 0.29) is 50.0 Å². The lowest BCUT2D eigenvalue weighted by atomic mass is 9.65. The summed E-state index contributed by atoms with van der Waals surface area (Å²) in [6, 6.07) is 34.6. The molecule has 0 bridgehead atoms. The van der Waals surface area contributed by atoms with Crippen molar-refractivity contribution in [2.24, 2.45) is 5.92 Å². The normalized spacial score (nSPS) is 23.5. The van der Waals surface area contributed by atoms with Gasteiger partial charge in [0.1, 0.15) is 47.9 Å². The van der Waals surface area contributed by atoms with Gasteiger partial charge in [-0.25, -0.2) is 14.7 Å². The third-order valence-electron chi connectivity index (χ3n) is 14.2. The fourth-order valence-electron chi connectivity index (χ4n) is 11.2. The molecule has 2 saturated heterocycles. The minimum atomic E-state index is -2.15. The zero-order valence-electron chi connectivity index (χ0n) is 39.3. The largest absolute Gasteiger partial charge is 0.491 e. The Morgan fingerprint density at radius 3 is 2.28 bits per heavy atom. The van der Waals surface area contributed by atoms with E-state index in [1.807, 2.05) is 89.8 Å². The first kappa shape index (κ1) is 47.3. The predicted molar refractivity (Wildman–Crippen MR) is 262 cm³/mol. The quantitative estimate of drug-likeness (QED) is 0.0420. The molecule has 6 atom stereocenters. The SMILES string of the molecule is COCCOC(=O)N1C(=O)[C@@]2(c3cc(C#CC4(O)CCCCCC4)ccc31)[C@H](c1ccccc1OCCO)N1[C@H](c3ccccc3)[C@H](c3ccccc3)OC(=O)[C@H]1[C@@H]2C(=O)NCc1nc2ccccc2[nH]1. The summed E-state index contributed by atoms with van der Waals surface area (Å²) in [6.07, 6.45) is 2.62. The van der Waals surface area contributed by atoms with Crippen LogP contribution < -0.4 is 15.0 Å². The van der Waals surface area contributed by atoms with Crippen LogP contribution in [0.1, 0.15) is 90.4 Å². The molecule has 15 heteroatoms. The number of aliphatic hydroxyl groups excluding tert-OH is 1. The van der Waals surface area contributed by atoms with Crippen molar-refractivity contribution in [2.75, 3.05) is 38.4 Å². The smallest absolute Gasteiger partial charge is 0.421 e. The van der Waals surface area contributed by atoms with Crippen LogP contribution >= 0.6 is 0 Å². The number of morpholine rings is 1. The van der Waals surface area contributed by atoms with E-state index in [0.717, 1.165) is 36.1 Å². The molecule has 10 rings (SSSR count). The number of aliphatic hydroxyl groups is 2. The molecule has 71 heavy (non-hydrogen) atoms. The van der Waals surface area contributed by atoms with E-state index >= 15 is 14.4 Å². The number of carbonyl (C=O) groups excluding carboxylic acids is 4. The second-order valence-corrected chi connectivity index (χ2v) is 18.5. The van der Waals surface area contributed by atoms with Gasteiger partial charge in [0, 0.05) is 18.2 Å². The molecule has 6 aromatic rings. The average Bonchev–Trinajstić information content (AvgIpc) is 3.97. The van der Waals surface area contributed by atoms with Crippen molar-refractivity contribution < 1.29 is 48.3 Å². The number of imidazole rings is 1. The third-order valence-corrected chi connectivity index (χ3v) is 14.2. The number of methoxy groups -OCH3 is 1. The van der Waals surface area contributed by atoms with Crippen molar-refractivity contribution in [2.45, 2.75) is 80.3 Å². The zero-order chi connectivity index (χ0) is 49.1. The van der Waals surface area contributed by atoms with Crippen LogP contribution in [0.2, 0.25) is 0 Å². The Hall–Kier alpha value is -7.35. The van der Waals surface area contributed by atoms with Gasteiger partial charge in [0.2, 0.25) is 11.8 Å². The molecular formula is C56H55N5O10. The van der Waals surface area contributed by atoms with Gasteiger partial charge >= 0.3 is 12.1 Å². The van der Waals surface area contributed by atoms with E-state index < -0.39 is 65.0 Å². The number of H-pyrrole nitrogens is 1. The lowest BCUT2D eigenvalue weighted by molar-refractivity contribution is -0.178. The van der Waals surface area contributed by atoms with E-state index in [2.05, 4.69) is 22.1 Å². The van der Waals surface area contributed by atoms with Gasteiger partial charge in [0.25, 0.3) is 0 Å². The number of para-hydroxylation sites is 3. The summed E-state index contributed by atoms with van der Waals surface area (Å²) in [7, 11) is 1.46. The van der Waals surface area contributed by atoms with Crippen LogP contribution in [0, 0.1) is 17.8 Å². The number of rotatable bonds is 12. The topological polar surface area (TPSA) is 193 Å². The summed E-state index contributed by atoms with van der Waals surface area (Å²) >= 11 is 0. The molecule has 1 aromatic heterocycles. The van der Waals surface area contributed by atoms with Crippen molar-refractivity contribution in [1.29, 1.82) is 0 Å². The maximum absolute atomic E-state index is 16.6. The zero-order valence-corrected chi connectivity index (χ0v) is 39.3. The van der Waals surface area contributed by atoms with Gasteiger partial charge in [-0.05, 0) is 78.8 Å². The van der Waals surface area contributed by atoms with E-state index in [4.69, 9.17) is 23.9 Å². The second kappa shape index (κ2) is 20.2. The van der Waals surface area contributed by atoms with E-state index in [9.17, 15) is 15.0 Å². The Balaban J connectivity index is 1.26. The maximum atomic E-state index is 16.6. The Bertz CT molecular complexity index is 2970. The number of esters is 1. The molecule has 3 amide bonds. The first-order chi connectivity index (χ1) is 34.7. The number of anilines is 1. The van der Waals surface area contributed by atoms with Crippen molar-refractivity contribution in [1.82, 2.24) is 20.2 Å². The second-order valence-electron chi connectivity index (χ2n) is 18.5. The number of ether oxygens (including phenoxy) is 4. The van der Waals surface area contributed by atoms with Crippen LogP contribution in [-0.4, -0.2) is 94.1 Å². The standard InChI is InChI=1S/C56H55N5O10/c1-68-32-33-70-54(66)60-43-25-24-36(26-29-55(67)27-14-2-3-15-28-55)34-40(43)56(53(60)65)46(51(63)57-35-45-58-41-21-11-12-22-42(41)59-45)48-52(64)71-49(38-18-8-5-9-19-38)47(37-16-6-4-7-17-37)61(48)50(56)39-20-10-13-23-44(39)69-31-30-62/h4-13,16-25,34,46-50,62,67H,2-3,14-15,27-28,30-33,35H2,1H3,(H,57,63)(H,58,59)/t46-,47-,48-,49+,50+,56-/m1/s1. The number of imide groups is 1. The Morgan fingerprint density at radius 2 is 1.55 bits per heavy atom. The molecule has 4 N–H and O–H groups in total. The van der Waals surface area contributed by atoms with Crippen molar-refractivity contribution >= 4 is 40.6 Å². The van der Waals surface area contributed by atoms with Crippen molar-refractivity contribution in [3.05, 3.63) is 161 Å². The number of benzene rings is 5. The van der Waals surface area contributed by atoms with Gasteiger partial charge < -0.3 is 39.5 Å². The first-order valence-electron chi connectivity index (χ1n) is 24.2. The number of carbonyl (C=O) groups is 4. The van der Waals surface area contributed by atoms with Gasteiger partial charge in [-0.3, -0.25) is 19.3 Å². The maximum Gasteiger partial charge on any atom is 0.421 e. The van der Waals surface area contributed by atoms with Crippen LogP contribution in [0.25, 0.3) is 11.0 Å². The Kier molecular flexibility index (Phi) is 13.4. The number of nitrogens with zero attached hydrogens (tertiary/aromatic N) is 3. The summed E-state index contributed by atoms with van der Waals surface area (Å²) in [6.45, 7) is -0.734. The lowest BCUT2D eigenvalue weighted by Gasteiger charge is -2.46. The molecule has 1 saturated carbocycles. The first-order valence-corrected chi connectivity index (χ1v) is 24.2. The summed E-state index contributed by atoms with van der Waals surface area (Å²) in [4.78, 5) is 73.5. The minimum absolute atomic E-state index is 0.0372. The molecule has 0 radical (unpaired) electrons. The number of cyclic esters (lactones) is 1. The van der Waals surface area contributed by atoms with Crippen LogP contribution in [0.3, 0.4) is 0 Å². The molecule has 15 nitrogen and oxygen atoms in total. The van der Waals surface area contributed by atoms with E-state index in [0.29, 0.717) is 46.4 Å². The molecule has 3 fully saturated rings. The molecule has 0 unspecified atom stereocenters. The fourth-order valence-corrected chi connectivity index (χ4v) is 11.2. The van der Waals surface area contributed by atoms with Crippen LogP contribution in [0.4, 0.5) is 10.5 Å². The molecule has 364 valence electrons. The number of aromatic nitrogens is 2. The Labute approximate surface area is 411 Å². The van der Waals surface area contributed by atoms with E-state index in [1.165, 1.54) is 7.11 Å². The summed E-state index contributed by atoms with van der Waals surface area (Å²) in [5, 5.41) is 24.9. The number of nitrogens with one attached hydrogen (secondary N) is 2. The van der Waals surface area contributed by atoms with Gasteiger partial charge in [0.15, 0.2) is 0 Å². The average molecular weight is 958 g/mol. The highest BCUT2D eigenvalue weighted by Crippen LogP contribution is 2.66. The number of aromatic amines is 1. The third kappa shape index (κ3) is 8.71. The highest BCUT2D eigenvalue weighted by molar-refractivity contribution is 6.23. The fraction of sp³-hybridized carbons (Fsp3) is 0.339. The molecule has 4 heterocycles. The predicted octanol–water partition coefficient (Wildman–Crippen LogP) is 7.14. The lowest BCUT2D eigenvalue weighted by Crippen LogP contribution is -2.55. The Morgan fingerprint density at radius 1 is 0.845 bits per heavy atom. The monoisotopic (exact) mass is 957 g/mol. The van der Waals surface area contributed by atoms with Gasteiger partial charge in [-0.2, -0.15) is 0 Å². The highest BCUT2D eigenvalue weighted by atomic mass is 16.6. The molecular weight excluding hydrogens is 903 g/mol. The van der Waals surface area contributed by atoms with Crippen LogP contribution in [0.5, 0.6) is 5.75 Å². The number of hydrogen-bond acceptors (Lipinski definition) is 12. The van der Waals surface area contributed by atoms with Crippen LogP contribution in [-0.2, 0) is 40.6 Å².